The van der Waals surface area contributed by atoms with Crippen molar-refractivity contribution in [1.82, 2.24) is 0 Å². The van der Waals surface area contributed by atoms with Gasteiger partial charge in [0.1, 0.15) is 6.61 Å². The van der Waals surface area contributed by atoms with Crippen LogP contribution in [0.5, 0.6) is 0 Å². The third kappa shape index (κ3) is 4.10. The summed E-state index contributed by atoms with van der Waals surface area (Å²) in [5.41, 5.74) is 1.81. The summed E-state index contributed by atoms with van der Waals surface area (Å²) in [7, 11) is 2.41. The Hall–Kier alpha value is -1.80. The number of nitrogens with zero attached hydrogens (tertiary/aromatic N) is 1. The minimum atomic E-state index is -0.935. The van der Waals surface area contributed by atoms with E-state index < -0.39 is 23.3 Å². The molecular formula is C12H12BrFN2O4. The van der Waals surface area contributed by atoms with Crippen molar-refractivity contribution in [3.8, 4) is 0 Å². The first kappa shape index (κ1) is 16.3. The summed E-state index contributed by atoms with van der Waals surface area (Å²) in [6.45, 7) is -0.337. The monoisotopic (exact) mass is 346 g/mol. The lowest BCUT2D eigenvalue weighted by atomic mass is 10.2. The molecule has 0 aromatic heterocycles. The van der Waals surface area contributed by atoms with Crippen molar-refractivity contribution in [2.24, 2.45) is 5.10 Å². The molecule has 0 spiro atoms. The Bertz CT molecular complexity index is 548. The molecule has 8 heteroatoms. The zero-order valence-electron chi connectivity index (χ0n) is 10.8. The van der Waals surface area contributed by atoms with Gasteiger partial charge >= 0.3 is 5.97 Å². The Morgan fingerprint density at radius 1 is 1.40 bits per heavy atom. The maximum absolute atomic E-state index is 13.7. The smallest absolute Gasteiger partial charge is 0.362 e. The van der Waals surface area contributed by atoms with Gasteiger partial charge in [-0.15, -0.1) is 0 Å². The molecule has 0 heterocycles. The second-order valence-electron chi connectivity index (χ2n) is 3.52. The number of halogens is 2. The van der Waals surface area contributed by atoms with Crippen LogP contribution in [0.15, 0.2) is 27.8 Å². The average molecular weight is 347 g/mol. The summed E-state index contributed by atoms with van der Waals surface area (Å²) in [6, 6.07) is 4.47. The van der Waals surface area contributed by atoms with Gasteiger partial charge in [-0.05, 0) is 28.1 Å². The molecule has 0 amide bonds. The highest BCUT2D eigenvalue weighted by Gasteiger charge is 2.21. The zero-order valence-corrected chi connectivity index (χ0v) is 12.4. The van der Waals surface area contributed by atoms with E-state index in [1.54, 1.807) is 6.07 Å². The lowest BCUT2D eigenvalue weighted by molar-refractivity contribution is -0.133. The first-order valence-electron chi connectivity index (χ1n) is 5.39. The van der Waals surface area contributed by atoms with Crippen LogP contribution in [0.4, 0.5) is 10.1 Å². The lowest BCUT2D eigenvalue weighted by Crippen LogP contribution is -2.29. The molecule has 0 saturated carbocycles. The molecule has 6 nitrogen and oxygen atoms in total. The van der Waals surface area contributed by atoms with E-state index in [1.165, 1.54) is 19.2 Å². The number of carbonyl (C=O) groups is 2. The van der Waals surface area contributed by atoms with Gasteiger partial charge in [0, 0.05) is 7.11 Å². The van der Waals surface area contributed by atoms with Crippen LogP contribution >= 0.6 is 15.9 Å². The van der Waals surface area contributed by atoms with Gasteiger partial charge in [0.25, 0.3) is 0 Å². The topological polar surface area (TPSA) is 77.0 Å². The minimum absolute atomic E-state index is 0.00555. The van der Waals surface area contributed by atoms with Crippen LogP contribution in [-0.2, 0) is 19.1 Å². The van der Waals surface area contributed by atoms with Gasteiger partial charge in [0.2, 0.25) is 11.5 Å². The number of hydrogen-bond acceptors (Lipinski definition) is 6. The highest BCUT2D eigenvalue weighted by atomic mass is 79.9. The fourth-order valence-corrected chi connectivity index (χ4v) is 1.59. The zero-order chi connectivity index (χ0) is 15.1. The molecule has 1 N–H and O–H groups in total. The average Bonchev–Trinajstić information content (AvgIpc) is 2.43. The van der Waals surface area contributed by atoms with E-state index in [0.717, 1.165) is 7.11 Å². The van der Waals surface area contributed by atoms with Crippen molar-refractivity contribution in [2.45, 2.75) is 0 Å². The Morgan fingerprint density at radius 2 is 2.10 bits per heavy atom. The highest BCUT2D eigenvalue weighted by Crippen LogP contribution is 2.22. The molecule has 0 aliphatic rings. The van der Waals surface area contributed by atoms with Crippen LogP contribution < -0.4 is 5.43 Å². The van der Waals surface area contributed by atoms with Crippen molar-refractivity contribution in [3.05, 3.63) is 28.5 Å². The van der Waals surface area contributed by atoms with E-state index in [2.05, 4.69) is 35.9 Å². The Kier molecular flexibility index (Phi) is 6.26. The molecule has 0 fully saturated rings. The fraction of sp³-hybridized carbons (Fsp3) is 0.250. The number of benzene rings is 1. The predicted octanol–water partition coefficient (Wildman–Crippen LogP) is 1.74. The third-order valence-electron chi connectivity index (χ3n) is 2.16. The molecule has 0 aliphatic carbocycles. The quantitative estimate of drug-likeness (QED) is 0.367. The van der Waals surface area contributed by atoms with E-state index in [1.807, 2.05) is 0 Å². The summed E-state index contributed by atoms with van der Waals surface area (Å²) in [6.07, 6.45) is 0. The highest BCUT2D eigenvalue weighted by molar-refractivity contribution is 9.10. The van der Waals surface area contributed by atoms with Crippen LogP contribution in [0.3, 0.4) is 0 Å². The molecule has 0 radical (unpaired) electrons. The number of ketones is 1. The maximum atomic E-state index is 13.7. The summed E-state index contributed by atoms with van der Waals surface area (Å²) in [5.74, 6) is -2.21. The largest absolute Gasteiger partial charge is 0.464 e. The molecular weight excluding hydrogens is 335 g/mol. The molecule has 1 rings (SSSR count). The number of hydrazone groups is 1. The summed E-state index contributed by atoms with van der Waals surface area (Å²) in [5, 5.41) is 3.59. The molecule has 0 unspecified atom stereocenters. The molecule has 0 atom stereocenters. The molecule has 108 valence electrons. The first-order chi connectivity index (χ1) is 9.51. The van der Waals surface area contributed by atoms with E-state index in [9.17, 15) is 14.0 Å². The number of methoxy groups -OCH3 is 2. The number of esters is 1. The van der Waals surface area contributed by atoms with Gasteiger partial charge in [-0.25, -0.2) is 9.18 Å². The van der Waals surface area contributed by atoms with Crippen LogP contribution in [0.25, 0.3) is 0 Å². The minimum Gasteiger partial charge on any atom is -0.464 e. The van der Waals surface area contributed by atoms with Crippen LogP contribution in [-0.4, -0.2) is 38.3 Å². The van der Waals surface area contributed by atoms with Crippen LogP contribution in [0, 0.1) is 5.82 Å². The van der Waals surface area contributed by atoms with Gasteiger partial charge < -0.3 is 9.47 Å². The van der Waals surface area contributed by atoms with E-state index >= 15 is 0 Å². The van der Waals surface area contributed by atoms with Crippen molar-refractivity contribution in [1.29, 1.82) is 0 Å². The number of hydrogen-bond donors (Lipinski definition) is 1. The predicted molar refractivity (Wildman–Crippen MR) is 74.1 cm³/mol. The van der Waals surface area contributed by atoms with Crippen molar-refractivity contribution in [2.75, 3.05) is 26.3 Å². The first-order valence-corrected chi connectivity index (χ1v) is 6.18. The molecule has 0 aliphatic heterocycles. The summed E-state index contributed by atoms with van der Waals surface area (Å²) >= 11 is 3.01. The second kappa shape index (κ2) is 7.71. The van der Waals surface area contributed by atoms with Gasteiger partial charge in [0.05, 0.1) is 17.3 Å². The van der Waals surface area contributed by atoms with Gasteiger partial charge in [-0.2, -0.15) is 5.10 Å². The third-order valence-corrected chi connectivity index (χ3v) is 2.77. The van der Waals surface area contributed by atoms with E-state index in [0.29, 0.717) is 0 Å². The second-order valence-corrected chi connectivity index (χ2v) is 4.38. The fourth-order valence-electron chi connectivity index (χ4n) is 1.22. The lowest BCUT2D eigenvalue weighted by Gasteiger charge is -2.06. The number of rotatable bonds is 6. The molecule has 1 aromatic carbocycles. The summed E-state index contributed by atoms with van der Waals surface area (Å²) < 4.78 is 23.0. The Morgan fingerprint density at radius 3 is 2.70 bits per heavy atom. The van der Waals surface area contributed by atoms with Gasteiger partial charge in [-0.1, -0.05) is 6.07 Å². The standard InChI is InChI=1S/C12H12BrFN2O4/c1-19-6-9(17)11(12(18)20-2)16-15-8-5-3-4-7(13)10(8)14/h3-5,15H,6H2,1-2H3. The maximum Gasteiger partial charge on any atom is 0.362 e. The number of anilines is 1. The van der Waals surface area contributed by atoms with Crippen molar-refractivity contribution < 1.29 is 23.5 Å². The Balaban J connectivity index is 3.00. The normalized spacial score (nSPS) is 11.1. The van der Waals surface area contributed by atoms with Crippen LogP contribution in [0.2, 0.25) is 0 Å². The number of carbonyl (C=O) groups excluding carboxylic acids is 2. The molecule has 0 saturated heterocycles. The molecule has 1 aromatic rings. The van der Waals surface area contributed by atoms with Crippen molar-refractivity contribution in [3.63, 3.8) is 0 Å². The van der Waals surface area contributed by atoms with E-state index in [4.69, 9.17) is 0 Å². The van der Waals surface area contributed by atoms with E-state index in [-0.39, 0.29) is 16.8 Å². The summed E-state index contributed by atoms with van der Waals surface area (Å²) in [4.78, 5) is 23.0. The van der Waals surface area contributed by atoms with Gasteiger partial charge in [-0.3, -0.25) is 10.2 Å². The number of Topliss-reactive ketones (excluding diaryl/α,β-unsaturated/α-hetero) is 1. The van der Waals surface area contributed by atoms with Crippen LogP contribution in [0.1, 0.15) is 0 Å². The van der Waals surface area contributed by atoms with Gasteiger partial charge in [0.15, 0.2) is 5.82 Å². The Labute approximate surface area is 123 Å². The SMILES string of the molecule is COCC(=O)C(=NNc1cccc(Br)c1F)C(=O)OC. The molecule has 0 bridgehead atoms. The number of nitrogens with one attached hydrogen (secondary N) is 1. The van der Waals surface area contributed by atoms with Crippen molar-refractivity contribution >= 4 is 39.1 Å². The molecule has 20 heavy (non-hydrogen) atoms. The number of ether oxygens (including phenoxy) is 2.